The first-order valence-electron chi connectivity index (χ1n) is 10.6. The van der Waals surface area contributed by atoms with Gasteiger partial charge in [0.1, 0.15) is 4.90 Å². The summed E-state index contributed by atoms with van der Waals surface area (Å²) in [4.78, 5) is 13.0. The number of amides is 2. The second-order valence-corrected chi connectivity index (χ2v) is 10.5. The van der Waals surface area contributed by atoms with Gasteiger partial charge in [-0.25, -0.2) is 18.8 Å². The molecule has 2 amide bonds. The van der Waals surface area contributed by atoms with E-state index in [2.05, 4.69) is 27.8 Å². The first kappa shape index (κ1) is 19.6. The van der Waals surface area contributed by atoms with Crippen molar-refractivity contribution in [2.24, 2.45) is 15.4 Å². The number of rotatable bonds is 2. The Morgan fingerprint density at radius 1 is 1.33 bits per heavy atom. The Morgan fingerprint density at radius 2 is 2.17 bits per heavy atom. The molecule has 3 aliphatic rings. The summed E-state index contributed by atoms with van der Waals surface area (Å²) in [7, 11) is -3.48. The highest BCUT2D eigenvalue weighted by Crippen LogP contribution is 2.44. The SMILES string of the molecule is CC1CCc2cc3c(c(NC(=O)N=S(N)(=O)c4cnn5c4OC[C@@H](C)C5)c21)CCC3. The summed E-state index contributed by atoms with van der Waals surface area (Å²) < 4.78 is 24.3. The van der Waals surface area contributed by atoms with Crippen LogP contribution in [0, 0.1) is 5.92 Å². The number of benzene rings is 1. The average molecular weight is 430 g/mol. The topological polar surface area (TPSA) is 112 Å². The molecule has 0 fully saturated rings. The fraction of sp³-hybridized carbons (Fsp3) is 0.524. The number of urea groups is 1. The van der Waals surface area contributed by atoms with Gasteiger partial charge in [0.2, 0.25) is 5.88 Å². The van der Waals surface area contributed by atoms with Crippen molar-refractivity contribution in [1.29, 1.82) is 0 Å². The fourth-order valence-electron chi connectivity index (χ4n) is 4.96. The molecular formula is C21H27N5O3S. The normalized spacial score (nSPS) is 23.7. The summed E-state index contributed by atoms with van der Waals surface area (Å²) in [6, 6.07) is 1.62. The molecule has 0 spiro atoms. The van der Waals surface area contributed by atoms with Crippen LogP contribution in [0.2, 0.25) is 0 Å². The van der Waals surface area contributed by atoms with Gasteiger partial charge in [0.25, 0.3) is 0 Å². The van der Waals surface area contributed by atoms with Crippen LogP contribution < -0.4 is 15.2 Å². The van der Waals surface area contributed by atoms with Crippen LogP contribution in [0.4, 0.5) is 10.5 Å². The van der Waals surface area contributed by atoms with Crippen molar-refractivity contribution in [3.05, 3.63) is 34.5 Å². The van der Waals surface area contributed by atoms with Gasteiger partial charge in [0.05, 0.1) is 19.3 Å². The zero-order valence-electron chi connectivity index (χ0n) is 17.3. The standard InChI is InChI=1S/C21H27N5O3S/c1-12-10-26-20(29-11-12)17(9-23-26)30(22,28)25-21(27)24-19-16-5-3-4-14(16)8-15-7-6-13(2)18(15)19/h8-9,12-13H,3-7,10-11H2,1-2H3,(H3,22,24,25,27,28)/t12-,13?,30?/m0/s1. The van der Waals surface area contributed by atoms with Crippen LogP contribution in [0.15, 0.2) is 21.5 Å². The zero-order valence-corrected chi connectivity index (χ0v) is 18.1. The van der Waals surface area contributed by atoms with Gasteiger partial charge in [-0.3, -0.25) is 0 Å². The Balaban J connectivity index is 1.49. The van der Waals surface area contributed by atoms with E-state index in [9.17, 15) is 9.00 Å². The Morgan fingerprint density at radius 3 is 3.00 bits per heavy atom. The Bertz CT molecular complexity index is 1160. The molecule has 2 heterocycles. The van der Waals surface area contributed by atoms with Gasteiger partial charge in [-0.1, -0.05) is 19.9 Å². The third kappa shape index (κ3) is 3.20. The molecule has 0 radical (unpaired) electrons. The number of carbonyl (C=O) groups is 1. The number of anilines is 1. The van der Waals surface area contributed by atoms with Crippen LogP contribution >= 0.6 is 0 Å². The molecule has 2 unspecified atom stereocenters. The summed E-state index contributed by atoms with van der Waals surface area (Å²) in [6.45, 7) is 5.36. The lowest BCUT2D eigenvalue weighted by atomic mass is 9.95. The van der Waals surface area contributed by atoms with E-state index < -0.39 is 15.9 Å². The molecule has 0 saturated carbocycles. The largest absolute Gasteiger partial charge is 0.477 e. The van der Waals surface area contributed by atoms with Crippen molar-refractivity contribution in [3.8, 4) is 5.88 Å². The van der Waals surface area contributed by atoms with Gasteiger partial charge in [-0.2, -0.15) is 5.10 Å². The van der Waals surface area contributed by atoms with Gasteiger partial charge >= 0.3 is 6.03 Å². The minimum Gasteiger partial charge on any atom is -0.477 e. The lowest BCUT2D eigenvalue weighted by Crippen LogP contribution is -2.25. The van der Waals surface area contributed by atoms with Crippen molar-refractivity contribution in [2.75, 3.05) is 11.9 Å². The zero-order chi connectivity index (χ0) is 21.0. The number of nitrogens with one attached hydrogen (secondary N) is 1. The van der Waals surface area contributed by atoms with Crippen LogP contribution in [-0.4, -0.2) is 26.6 Å². The molecule has 3 atom stereocenters. The van der Waals surface area contributed by atoms with E-state index in [1.807, 2.05) is 6.92 Å². The number of ether oxygens (including phenoxy) is 1. The summed E-state index contributed by atoms with van der Waals surface area (Å²) in [6.07, 6.45) is 6.54. The predicted octanol–water partition coefficient (Wildman–Crippen LogP) is 3.38. The van der Waals surface area contributed by atoms with Gasteiger partial charge in [-0.15, -0.1) is 4.36 Å². The number of carbonyl (C=O) groups excluding carboxylic acids is 1. The predicted molar refractivity (Wildman–Crippen MR) is 114 cm³/mol. The van der Waals surface area contributed by atoms with E-state index in [1.165, 1.54) is 28.5 Å². The second kappa shape index (κ2) is 7.09. The maximum absolute atomic E-state index is 13.2. The van der Waals surface area contributed by atoms with Crippen LogP contribution in [0.1, 0.15) is 54.9 Å². The number of nitrogens with zero attached hydrogens (tertiary/aromatic N) is 3. The van der Waals surface area contributed by atoms with E-state index in [0.29, 0.717) is 30.9 Å². The monoisotopic (exact) mass is 429 g/mol. The molecule has 0 bridgehead atoms. The number of aryl methyl sites for hydroxylation is 2. The van der Waals surface area contributed by atoms with E-state index >= 15 is 0 Å². The van der Waals surface area contributed by atoms with E-state index in [0.717, 1.165) is 37.8 Å². The molecule has 5 rings (SSSR count). The lowest BCUT2D eigenvalue weighted by Gasteiger charge is -2.21. The van der Waals surface area contributed by atoms with Crippen molar-refractivity contribution in [1.82, 2.24) is 9.78 Å². The summed E-state index contributed by atoms with van der Waals surface area (Å²) >= 11 is 0. The van der Waals surface area contributed by atoms with Crippen molar-refractivity contribution in [2.45, 2.75) is 63.3 Å². The Labute approximate surface area is 176 Å². The molecule has 1 aromatic carbocycles. The molecule has 9 heteroatoms. The number of hydrogen-bond acceptors (Lipinski definition) is 4. The molecule has 0 saturated heterocycles. The molecule has 8 nitrogen and oxygen atoms in total. The van der Waals surface area contributed by atoms with Crippen molar-refractivity contribution in [3.63, 3.8) is 0 Å². The highest BCUT2D eigenvalue weighted by Gasteiger charge is 2.30. The maximum atomic E-state index is 13.2. The Hall–Kier alpha value is -2.39. The van der Waals surface area contributed by atoms with E-state index in [-0.39, 0.29) is 4.90 Å². The van der Waals surface area contributed by atoms with E-state index in [1.54, 1.807) is 4.68 Å². The number of hydrogen-bond donors (Lipinski definition) is 2. The van der Waals surface area contributed by atoms with Crippen molar-refractivity contribution >= 4 is 21.6 Å². The molecule has 2 aromatic rings. The highest BCUT2D eigenvalue weighted by molar-refractivity contribution is 7.91. The third-order valence-electron chi connectivity index (χ3n) is 6.38. The second-order valence-electron chi connectivity index (χ2n) is 8.76. The molecule has 30 heavy (non-hydrogen) atoms. The highest BCUT2D eigenvalue weighted by atomic mass is 32.2. The van der Waals surface area contributed by atoms with Gasteiger partial charge in [-0.05, 0) is 60.3 Å². The Kier molecular flexibility index (Phi) is 4.62. The third-order valence-corrected chi connectivity index (χ3v) is 7.73. The molecule has 1 aliphatic heterocycles. The van der Waals surface area contributed by atoms with Gasteiger partial charge < -0.3 is 10.1 Å². The fourth-order valence-corrected chi connectivity index (χ4v) is 5.96. The smallest absolute Gasteiger partial charge is 0.354 e. The quantitative estimate of drug-likeness (QED) is 0.762. The van der Waals surface area contributed by atoms with Gasteiger partial charge in [0, 0.05) is 11.6 Å². The van der Waals surface area contributed by atoms with Gasteiger partial charge in [0.15, 0.2) is 9.92 Å². The van der Waals surface area contributed by atoms with Crippen LogP contribution in [0.25, 0.3) is 0 Å². The first-order valence-corrected chi connectivity index (χ1v) is 12.1. The molecule has 2 aliphatic carbocycles. The number of aromatic nitrogens is 2. The molecule has 3 N–H and O–H groups in total. The maximum Gasteiger partial charge on any atom is 0.354 e. The summed E-state index contributed by atoms with van der Waals surface area (Å²) in [5, 5.41) is 13.2. The summed E-state index contributed by atoms with van der Waals surface area (Å²) in [5.41, 5.74) is 5.86. The minimum atomic E-state index is -3.48. The van der Waals surface area contributed by atoms with Crippen molar-refractivity contribution < 1.29 is 13.7 Å². The van der Waals surface area contributed by atoms with Crippen LogP contribution in [-0.2, 0) is 35.7 Å². The molecular weight excluding hydrogens is 402 g/mol. The van der Waals surface area contributed by atoms with Crippen LogP contribution in [0.5, 0.6) is 5.88 Å². The minimum absolute atomic E-state index is 0.168. The van der Waals surface area contributed by atoms with Crippen LogP contribution in [0.3, 0.4) is 0 Å². The molecule has 160 valence electrons. The average Bonchev–Trinajstić information content (AvgIpc) is 3.39. The molecule has 1 aromatic heterocycles. The number of nitrogens with two attached hydrogens (primary N) is 1. The van der Waals surface area contributed by atoms with E-state index in [4.69, 9.17) is 9.88 Å². The lowest BCUT2D eigenvalue weighted by molar-refractivity contribution is 0.171. The number of fused-ring (bicyclic) bond motifs is 3. The summed E-state index contributed by atoms with van der Waals surface area (Å²) in [5.74, 6) is 1.01. The first-order chi connectivity index (χ1) is 14.3.